The summed E-state index contributed by atoms with van der Waals surface area (Å²) in [5.74, 6) is -10.9. The number of phenolic OH excluding ortho intramolecular Hbond substituents is 1. The molecule has 4 aromatic rings. The fraction of sp³-hybridized carbons (Fsp3) is 0.523. The van der Waals surface area contributed by atoms with Crippen molar-refractivity contribution in [2.24, 2.45) is 17.8 Å². The third-order valence-electron chi connectivity index (χ3n) is 17.0. The number of nitrogens with zero attached hydrogens (tertiary/aromatic N) is 3. The number of carbonyl (C=O) groups is 7. The van der Waals surface area contributed by atoms with E-state index in [2.05, 4.69) is 28.2 Å². The standard InChI is InChI=1S/C65H88N8O16/c1-8-9-10-27-89-46-22-19-41(20-23-46)39-13-11-38(12-14-39)40-15-17-42(18-16-40)51(78)29-44-30-53(80)60(67-25-26-73(5,6)7)70-63(86)56-57(81)35(2)33-72(56)65(88)55(37(4)75)69-62(85)47(59(83)58(82)43-21-24-50(77)48(66)28-43)32-52(79)49-31-45(76)34-71(49)64(87)54(36(3)74)68-61(44)84/h11-24,28,35-37,44-45,47,49,53-60,67,74-76,80-83H,8-10,25-27,29-34,66H2,1-7H3,(H3-,68,69,70,77,84,85,86)/p+1/t35-,36+,37+,44-,45+,47-,49-,53+,54-,55-,56-,57-,58-,59-,60-/m0/s1. The molecule has 7 rings (SSSR count). The van der Waals surface area contributed by atoms with Gasteiger partial charge in [-0.3, -0.25) is 38.9 Å². The van der Waals surface area contributed by atoms with Crippen LogP contribution in [0.2, 0.25) is 0 Å². The summed E-state index contributed by atoms with van der Waals surface area (Å²) in [5.41, 5.74) is 9.30. The van der Waals surface area contributed by atoms with E-state index in [0.717, 1.165) is 76.1 Å². The van der Waals surface area contributed by atoms with Gasteiger partial charge in [-0.15, -0.1) is 0 Å². The Morgan fingerprint density at radius 1 is 0.730 bits per heavy atom. The van der Waals surface area contributed by atoms with Crippen LogP contribution in [0.5, 0.6) is 11.5 Å². The van der Waals surface area contributed by atoms with Crippen molar-refractivity contribution in [3.05, 3.63) is 102 Å². The molecule has 0 aliphatic carbocycles. The van der Waals surface area contributed by atoms with Gasteiger partial charge in [0.2, 0.25) is 29.5 Å². The number of rotatable bonds is 19. The Morgan fingerprint density at radius 3 is 1.85 bits per heavy atom. The second kappa shape index (κ2) is 30.4. The average Bonchev–Trinajstić information content (AvgIpc) is 3.88. The molecule has 5 amide bonds. The zero-order valence-corrected chi connectivity index (χ0v) is 51.6. The van der Waals surface area contributed by atoms with Crippen LogP contribution < -0.4 is 31.7 Å². The van der Waals surface area contributed by atoms with Gasteiger partial charge in [-0.2, -0.15) is 0 Å². The van der Waals surface area contributed by atoms with Crippen molar-refractivity contribution in [1.29, 1.82) is 0 Å². The van der Waals surface area contributed by atoms with Gasteiger partial charge < -0.3 is 81.6 Å². The lowest BCUT2D eigenvalue weighted by molar-refractivity contribution is -0.869. The number of nitrogens with two attached hydrogens (primary N) is 1. The molecule has 89 heavy (non-hydrogen) atoms. The largest absolute Gasteiger partial charge is 0.506 e. The van der Waals surface area contributed by atoms with Gasteiger partial charge >= 0.3 is 0 Å². The minimum absolute atomic E-state index is 0.121. The first-order valence-corrected chi connectivity index (χ1v) is 30.5. The van der Waals surface area contributed by atoms with Crippen molar-refractivity contribution in [3.8, 4) is 33.8 Å². The topological polar surface area (TPSA) is 371 Å². The number of likely N-dealkylation sites (N-methyl/N-ethyl adjacent to an activating group) is 1. The summed E-state index contributed by atoms with van der Waals surface area (Å²) in [4.78, 5) is 105. The zero-order chi connectivity index (χ0) is 65.2. The Balaban J connectivity index is 1.24. The van der Waals surface area contributed by atoms with Crippen LogP contribution in [0.3, 0.4) is 0 Å². The molecular formula is C65H89N8O16+. The number of benzene rings is 4. The number of quaternary nitrogens is 1. The number of phenols is 1. The molecule has 3 fully saturated rings. The number of hydrogen-bond acceptors (Lipinski definition) is 18. The number of aliphatic hydroxyl groups is 7. The number of anilines is 1. The van der Waals surface area contributed by atoms with Gasteiger partial charge in [-0.25, -0.2) is 0 Å². The van der Waals surface area contributed by atoms with Crippen molar-refractivity contribution < 1.29 is 83.6 Å². The zero-order valence-electron chi connectivity index (χ0n) is 51.6. The summed E-state index contributed by atoms with van der Waals surface area (Å²) < 4.78 is 6.28. The number of ether oxygens (including phenoxy) is 1. The minimum atomic E-state index is -2.22. The van der Waals surface area contributed by atoms with E-state index in [1.54, 1.807) is 31.2 Å². The number of unbranched alkanes of at least 4 members (excludes halogenated alkanes) is 2. The number of nitrogen functional groups attached to an aromatic ring is 1. The van der Waals surface area contributed by atoms with Crippen LogP contribution in [0.4, 0.5) is 5.69 Å². The number of fused-ring (bicyclic) bond motifs is 2. The van der Waals surface area contributed by atoms with Crippen LogP contribution in [0.25, 0.3) is 22.3 Å². The minimum Gasteiger partial charge on any atom is -0.506 e. The lowest BCUT2D eigenvalue weighted by Crippen LogP contribution is -2.63. The van der Waals surface area contributed by atoms with Gasteiger partial charge in [0.15, 0.2) is 11.6 Å². The summed E-state index contributed by atoms with van der Waals surface area (Å²) in [6.07, 6.45) is -13.3. The Bertz CT molecular complexity index is 3100. The second-order valence-corrected chi connectivity index (χ2v) is 25.1. The van der Waals surface area contributed by atoms with Crippen LogP contribution in [-0.4, -0.2) is 217 Å². The van der Waals surface area contributed by atoms with Crippen molar-refractivity contribution >= 4 is 46.8 Å². The molecule has 14 N–H and O–H groups in total. The highest BCUT2D eigenvalue weighted by molar-refractivity contribution is 6.01. The van der Waals surface area contributed by atoms with Crippen molar-refractivity contribution in [1.82, 2.24) is 31.1 Å². The monoisotopic (exact) mass is 1240 g/mol. The third kappa shape index (κ3) is 17.5. The fourth-order valence-corrected chi connectivity index (χ4v) is 11.6. The second-order valence-electron chi connectivity index (χ2n) is 25.1. The molecule has 484 valence electrons. The van der Waals surface area contributed by atoms with E-state index >= 15 is 0 Å². The van der Waals surface area contributed by atoms with Gasteiger partial charge in [-0.1, -0.05) is 93.4 Å². The predicted octanol–water partition coefficient (Wildman–Crippen LogP) is 1.14. The highest BCUT2D eigenvalue weighted by atomic mass is 16.5. The average molecular weight is 1240 g/mol. The molecule has 0 unspecified atom stereocenters. The maximum absolute atomic E-state index is 14.9. The van der Waals surface area contributed by atoms with E-state index in [-0.39, 0.29) is 35.7 Å². The molecule has 0 bridgehead atoms. The van der Waals surface area contributed by atoms with Gasteiger partial charge in [0.1, 0.15) is 41.9 Å². The number of aliphatic hydroxyl groups excluding tert-OH is 7. The van der Waals surface area contributed by atoms with E-state index < -0.39 is 164 Å². The highest BCUT2D eigenvalue weighted by Gasteiger charge is 2.50. The number of hydrogen-bond donors (Lipinski definition) is 13. The molecule has 4 aromatic carbocycles. The molecule has 24 heteroatoms. The van der Waals surface area contributed by atoms with E-state index in [4.69, 9.17) is 10.5 Å². The molecule has 3 aliphatic heterocycles. The molecule has 3 aliphatic rings. The van der Waals surface area contributed by atoms with Gasteiger partial charge in [-0.05, 0) is 78.8 Å². The summed E-state index contributed by atoms with van der Waals surface area (Å²) in [5, 5.41) is 102. The van der Waals surface area contributed by atoms with Gasteiger partial charge in [0, 0.05) is 56.3 Å². The first-order chi connectivity index (χ1) is 42.1. The molecule has 3 saturated heterocycles. The smallest absolute Gasteiger partial charge is 0.248 e. The summed E-state index contributed by atoms with van der Waals surface area (Å²) in [7, 11) is 5.67. The Kier molecular flexibility index (Phi) is 23.6. The van der Waals surface area contributed by atoms with Crippen molar-refractivity contribution in [2.45, 2.75) is 146 Å². The van der Waals surface area contributed by atoms with Gasteiger partial charge in [0.05, 0.1) is 88.6 Å². The first kappa shape index (κ1) is 69.1. The Morgan fingerprint density at radius 2 is 1.29 bits per heavy atom. The third-order valence-corrected chi connectivity index (χ3v) is 17.0. The predicted molar refractivity (Wildman–Crippen MR) is 329 cm³/mol. The van der Waals surface area contributed by atoms with Crippen LogP contribution >= 0.6 is 0 Å². The molecule has 0 radical (unpaired) electrons. The number of amides is 5. The van der Waals surface area contributed by atoms with E-state index in [9.17, 15) is 74.4 Å². The SMILES string of the molecule is CCCCCOc1ccc(-c2ccc(-c3ccc(C(=O)C[C@H]4C[C@@H](O)[C@@H](NCC[N+](C)(C)C)NC(=O)[C@@H]5[C@@H](O)[C@@H](C)CN5C(=O)[C@H]([C@@H](C)O)NC(=O)[C@H]([C@H](O)[C@@H](O)c5ccc(O)c(N)c5)CC(=O)[C@@H]5C[C@@H](O)CN5C(=O)[C@H]([C@@H](C)O)NC4=O)cc3)cc2)cc1. The molecule has 0 aromatic heterocycles. The summed E-state index contributed by atoms with van der Waals surface area (Å²) in [6, 6.07) is 18.6. The van der Waals surface area contributed by atoms with E-state index in [0.29, 0.717) is 17.6 Å². The fourth-order valence-electron chi connectivity index (χ4n) is 11.6. The van der Waals surface area contributed by atoms with E-state index in [1.807, 2.05) is 69.7 Å². The number of nitrogens with one attached hydrogen (secondary N) is 4. The number of Topliss-reactive ketones (excluding diaryl/α,β-unsaturated/α-hetero) is 2. The lowest BCUT2D eigenvalue weighted by Gasteiger charge is -2.34. The van der Waals surface area contributed by atoms with Gasteiger partial charge in [0.25, 0.3) is 0 Å². The van der Waals surface area contributed by atoms with Crippen molar-refractivity contribution in [2.75, 3.05) is 59.7 Å². The summed E-state index contributed by atoms with van der Waals surface area (Å²) >= 11 is 0. The Hall–Kier alpha value is -7.39. The normalized spacial score (nSPS) is 26.7. The lowest BCUT2D eigenvalue weighted by atomic mass is 9.86. The van der Waals surface area contributed by atoms with Crippen LogP contribution in [0.15, 0.2) is 91.0 Å². The molecule has 0 saturated carbocycles. The Labute approximate surface area is 518 Å². The number of carbonyl (C=O) groups excluding carboxylic acids is 7. The molecule has 3 heterocycles. The van der Waals surface area contributed by atoms with Crippen LogP contribution in [0.1, 0.15) is 94.7 Å². The molecule has 0 spiro atoms. The molecule has 15 atom stereocenters. The number of ketones is 2. The molecular weight excluding hydrogens is 1150 g/mol. The van der Waals surface area contributed by atoms with Crippen LogP contribution in [0, 0.1) is 17.8 Å². The quantitative estimate of drug-likeness (QED) is 0.0206. The highest BCUT2D eigenvalue weighted by Crippen LogP contribution is 2.34. The van der Waals surface area contributed by atoms with E-state index in [1.165, 1.54) is 13.0 Å². The maximum Gasteiger partial charge on any atom is 0.248 e. The van der Waals surface area contributed by atoms with Crippen molar-refractivity contribution in [3.63, 3.8) is 0 Å². The van der Waals surface area contributed by atoms with Crippen LogP contribution in [-0.2, 0) is 28.8 Å². The summed E-state index contributed by atoms with van der Waals surface area (Å²) in [6.45, 7) is 6.38. The first-order valence-electron chi connectivity index (χ1n) is 30.5. The molecule has 24 nitrogen and oxygen atoms in total. The maximum atomic E-state index is 14.9. The number of aromatic hydroxyl groups is 1.